The molecule has 0 N–H and O–H groups in total. The predicted octanol–water partition coefficient (Wildman–Crippen LogP) is 1.54. The molecule has 0 aromatic heterocycles. The van der Waals surface area contributed by atoms with Crippen molar-refractivity contribution in [1.29, 1.82) is 0 Å². The van der Waals surface area contributed by atoms with Gasteiger partial charge in [-0.05, 0) is 51.2 Å². The number of hydrogen-bond acceptors (Lipinski definition) is 3. The molecule has 1 saturated heterocycles. The van der Waals surface area contributed by atoms with E-state index in [1.54, 1.807) is 0 Å². The van der Waals surface area contributed by atoms with Gasteiger partial charge in [0.1, 0.15) is 0 Å². The van der Waals surface area contributed by atoms with Gasteiger partial charge in [-0.25, -0.2) is 0 Å². The third-order valence-electron chi connectivity index (χ3n) is 4.45. The number of piperazine rings is 1. The smallest absolute Gasteiger partial charge is 0.253 e. The van der Waals surface area contributed by atoms with Gasteiger partial charge in [-0.1, -0.05) is 6.07 Å². The summed E-state index contributed by atoms with van der Waals surface area (Å²) in [6, 6.07) is 5.83. The normalized spacial score (nSPS) is 15.2. The molecule has 1 aromatic rings. The minimum atomic E-state index is 0.0634. The quantitative estimate of drug-likeness (QED) is 0.846. The van der Waals surface area contributed by atoms with E-state index in [1.807, 2.05) is 60.8 Å². The summed E-state index contributed by atoms with van der Waals surface area (Å²) >= 11 is 0. The highest BCUT2D eigenvalue weighted by Crippen LogP contribution is 2.14. The molecule has 0 unspecified atom stereocenters. The molecule has 1 aromatic carbocycles. The van der Waals surface area contributed by atoms with Crippen LogP contribution in [0.2, 0.25) is 0 Å². The van der Waals surface area contributed by atoms with Gasteiger partial charge in [-0.2, -0.15) is 0 Å². The van der Waals surface area contributed by atoms with Crippen LogP contribution < -0.4 is 0 Å². The predicted molar refractivity (Wildman–Crippen MR) is 91.6 cm³/mol. The second-order valence-corrected chi connectivity index (χ2v) is 6.53. The molecule has 1 fully saturated rings. The molecule has 0 saturated carbocycles. The molecular weight excluding hydrogens is 290 g/mol. The van der Waals surface area contributed by atoms with Gasteiger partial charge >= 0.3 is 0 Å². The first-order valence-corrected chi connectivity index (χ1v) is 8.17. The molecule has 1 aliphatic heterocycles. The highest BCUT2D eigenvalue weighted by atomic mass is 16.2. The van der Waals surface area contributed by atoms with E-state index in [1.165, 1.54) is 5.56 Å². The Kier molecular flexibility index (Phi) is 5.77. The summed E-state index contributed by atoms with van der Waals surface area (Å²) in [4.78, 5) is 30.4. The molecule has 2 amide bonds. The Morgan fingerprint density at radius 2 is 1.61 bits per heavy atom. The van der Waals surface area contributed by atoms with Gasteiger partial charge in [0.2, 0.25) is 5.91 Å². The van der Waals surface area contributed by atoms with Crippen LogP contribution >= 0.6 is 0 Å². The number of carbonyl (C=O) groups excluding carboxylic acids is 2. The first-order valence-electron chi connectivity index (χ1n) is 8.17. The van der Waals surface area contributed by atoms with Crippen molar-refractivity contribution in [3.8, 4) is 0 Å². The van der Waals surface area contributed by atoms with Crippen LogP contribution in [-0.2, 0) is 4.79 Å². The Balaban J connectivity index is 1.89. The summed E-state index contributed by atoms with van der Waals surface area (Å²) in [6.07, 6.45) is 0.540. The van der Waals surface area contributed by atoms with Crippen molar-refractivity contribution < 1.29 is 9.59 Å². The fourth-order valence-corrected chi connectivity index (χ4v) is 2.69. The average Bonchev–Trinajstić information content (AvgIpc) is 2.54. The fraction of sp³-hybridized carbons (Fsp3) is 0.556. The monoisotopic (exact) mass is 317 g/mol. The molecule has 0 spiro atoms. The molecule has 23 heavy (non-hydrogen) atoms. The molecule has 0 aliphatic carbocycles. The van der Waals surface area contributed by atoms with Crippen molar-refractivity contribution in [3.63, 3.8) is 0 Å². The highest BCUT2D eigenvalue weighted by molar-refractivity contribution is 5.94. The molecule has 2 rings (SSSR count). The molecule has 0 radical (unpaired) electrons. The molecule has 0 atom stereocenters. The number of hydrogen-bond donors (Lipinski definition) is 0. The average molecular weight is 317 g/mol. The minimum absolute atomic E-state index is 0.0634. The van der Waals surface area contributed by atoms with E-state index < -0.39 is 0 Å². The van der Waals surface area contributed by atoms with E-state index in [2.05, 4.69) is 0 Å². The minimum Gasteiger partial charge on any atom is -0.339 e. The molecule has 5 nitrogen and oxygen atoms in total. The third-order valence-corrected chi connectivity index (χ3v) is 4.45. The van der Waals surface area contributed by atoms with E-state index in [9.17, 15) is 9.59 Å². The first-order chi connectivity index (χ1) is 10.9. The van der Waals surface area contributed by atoms with Crippen molar-refractivity contribution >= 4 is 11.8 Å². The summed E-state index contributed by atoms with van der Waals surface area (Å²) in [6.45, 7) is 7.31. The second-order valence-electron chi connectivity index (χ2n) is 6.53. The van der Waals surface area contributed by atoms with Crippen molar-refractivity contribution in [3.05, 3.63) is 34.9 Å². The van der Waals surface area contributed by atoms with Crippen molar-refractivity contribution in [1.82, 2.24) is 14.7 Å². The van der Waals surface area contributed by atoms with Crippen molar-refractivity contribution in [2.75, 3.05) is 46.8 Å². The second kappa shape index (κ2) is 7.59. The lowest BCUT2D eigenvalue weighted by atomic mass is 10.1. The van der Waals surface area contributed by atoms with Gasteiger partial charge in [-0.15, -0.1) is 0 Å². The fourth-order valence-electron chi connectivity index (χ4n) is 2.69. The van der Waals surface area contributed by atoms with E-state index >= 15 is 0 Å². The number of amides is 2. The number of nitrogens with zero attached hydrogens (tertiary/aromatic N) is 3. The van der Waals surface area contributed by atoms with Crippen LogP contribution in [0.25, 0.3) is 0 Å². The van der Waals surface area contributed by atoms with Crippen molar-refractivity contribution in [2.45, 2.75) is 20.3 Å². The lowest BCUT2D eigenvalue weighted by Crippen LogP contribution is -2.50. The highest BCUT2D eigenvalue weighted by Gasteiger charge is 2.24. The van der Waals surface area contributed by atoms with E-state index in [4.69, 9.17) is 0 Å². The van der Waals surface area contributed by atoms with Crippen molar-refractivity contribution in [2.24, 2.45) is 0 Å². The molecular formula is C18H27N3O2. The van der Waals surface area contributed by atoms with E-state index in [0.29, 0.717) is 32.6 Å². The number of benzene rings is 1. The number of aryl methyl sites for hydroxylation is 2. The van der Waals surface area contributed by atoms with Gasteiger partial charge in [0.05, 0.1) is 0 Å². The zero-order valence-corrected chi connectivity index (χ0v) is 14.6. The molecule has 0 bridgehead atoms. The molecule has 126 valence electrons. The van der Waals surface area contributed by atoms with E-state index in [-0.39, 0.29) is 11.8 Å². The summed E-state index contributed by atoms with van der Waals surface area (Å²) in [5.41, 5.74) is 3.06. The zero-order chi connectivity index (χ0) is 17.0. The SMILES string of the molecule is Cc1ccc(C(=O)N2CCN(C(=O)CCN(C)C)CC2)cc1C. The molecule has 1 aliphatic rings. The Hall–Kier alpha value is -1.88. The summed E-state index contributed by atoms with van der Waals surface area (Å²) in [5, 5.41) is 0. The molecule has 1 heterocycles. The van der Waals surface area contributed by atoms with Crippen LogP contribution in [0.5, 0.6) is 0 Å². The van der Waals surface area contributed by atoms with Crippen LogP contribution in [0.3, 0.4) is 0 Å². The van der Waals surface area contributed by atoms with Crippen LogP contribution in [0.4, 0.5) is 0 Å². The maximum atomic E-state index is 12.6. The Morgan fingerprint density at radius 1 is 1.00 bits per heavy atom. The van der Waals surface area contributed by atoms with Gasteiger partial charge in [0.15, 0.2) is 0 Å². The first kappa shape index (κ1) is 17.5. The van der Waals surface area contributed by atoms with Gasteiger partial charge in [-0.3, -0.25) is 9.59 Å². The summed E-state index contributed by atoms with van der Waals surface area (Å²) in [5.74, 6) is 0.241. The van der Waals surface area contributed by atoms with Gasteiger partial charge < -0.3 is 14.7 Å². The van der Waals surface area contributed by atoms with Gasteiger partial charge in [0.25, 0.3) is 5.91 Å². The Morgan fingerprint density at radius 3 is 2.17 bits per heavy atom. The molecule has 5 heteroatoms. The summed E-state index contributed by atoms with van der Waals surface area (Å²) in [7, 11) is 3.93. The lowest BCUT2D eigenvalue weighted by Gasteiger charge is -2.35. The lowest BCUT2D eigenvalue weighted by molar-refractivity contribution is -0.132. The standard InChI is InChI=1S/C18H27N3O2/c1-14-5-6-16(13-15(14)2)18(23)21-11-9-20(10-12-21)17(22)7-8-19(3)4/h5-6,13H,7-12H2,1-4H3. The van der Waals surface area contributed by atoms with Crippen LogP contribution in [0.1, 0.15) is 27.9 Å². The van der Waals surface area contributed by atoms with Gasteiger partial charge in [0, 0.05) is 44.7 Å². The van der Waals surface area contributed by atoms with E-state index in [0.717, 1.165) is 17.7 Å². The number of carbonyl (C=O) groups is 2. The van der Waals surface area contributed by atoms with Crippen LogP contribution in [0.15, 0.2) is 18.2 Å². The largest absolute Gasteiger partial charge is 0.339 e. The Labute approximate surface area is 138 Å². The van der Waals surface area contributed by atoms with Crippen LogP contribution in [0, 0.1) is 13.8 Å². The maximum Gasteiger partial charge on any atom is 0.253 e. The maximum absolute atomic E-state index is 12.6. The summed E-state index contributed by atoms with van der Waals surface area (Å²) < 4.78 is 0. The number of rotatable bonds is 4. The topological polar surface area (TPSA) is 43.9 Å². The van der Waals surface area contributed by atoms with Crippen LogP contribution in [-0.4, -0.2) is 73.3 Å². The Bertz CT molecular complexity index is 576. The third kappa shape index (κ3) is 4.55. The zero-order valence-electron chi connectivity index (χ0n) is 14.6.